The Morgan fingerprint density at radius 3 is 2.50 bits per heavy atom. The van der Waals surface area contributed by atoms with Crippen LogP contribution in [0.25, 0.3) is 0 Å². The van der Waals surface area contributed by atoms with Crippen LogP contribution in [0, 0.1) is 0 Å². The lowest BCUT2D eigenvalue weighted by Gasteiger charge is -2.03. The fraction of sp³-hybridized carbons (Fsp3) is 0.400. The van der Waals surface area contributed by atoms with Crippen molar-refractivity contribution in [2.45, 2.75) is 26.2 Å². The maximum absolute atomic E-state index is 5.67. The zero-order valence-corrected chi connectivity index (χ0v) is 7.51. The lowest BCUT2D eigenvalue weighted by molar-refractivity contribution is 0.795. The van der Waals surface area contributed by atoms with Gasteiger partial charge in [-0.25, -0.2) is 0 Å². The molecule has 0 aliphatic heterocycles. The molecule has 0 bridgehead atoms. The van der Waals surface area contributed by atoms with Gasteiger partial charge in [0.05, 0.1) is 11.4 Å². The number of benzene rings is 1. The number of hydrogen-bond donors (Lipinski definition) is 2. The zero-order chi connectivity index (χ0) is 8.97. The van der Waals surface area contributed by atoms with E-state index in [1.165, 1.54) is 18.4 Å². The van der Waals surface area contributed by atoms with Gasteiger partial charge in [-0.05, 0) is 30.5 Å². The lowest BCUT2D eigenvalue weighted by atomic mass is 10.1. The fourth-order valence-corrected chi connectivity index (χ4v) is 1.16. The second-order valence-corrected chi connectivity index (χ2v) is 3.07. The molecule has 0 aromatic heterocycles. The number of nitrogen functional groups attached to an aromatic ring is 2. The van der Waals surface area contributed by atoms with Crippen LogP contribution >= 0.6 is 0 Å². The molecule has 0 unspecified atom stereocenters. The normalized spacial score (nSPS) is 10.1. The van der Waals surface area contributed by atoms with Crippen molar-refractivity contribution in [3.8, 4) is 0 Å². The molecule has 1 rings (SSSR count). The highest BCUT2D eigenvalue weighted by Gasteiger charge is 1.96. The zero-order valence-electron chi connectivity index (χ0n) is 7.51. The van der Waals surface area contributed by atoms with E-state index in [4.69, 9.17) is 11.5 Å². The highest BCUT2D eigenvalue weighted by molar-refractivity contribution is 5.63. The van der Waals surface area contributed by atoms with Gasteiger partial charge >= 0.3 is 0 Å². The molecule has 0 atom stereocenters. The molecule has 0 saturated heterocycles. The van der Waals surface area contributed by atoms with Gasteiger partial charge in [-0.15, -0.1) is 0 Å². The minimum atomic E-state index is 0.676. The number of unbranched alkanes of at least 4 members (excludes halogenated alkanes) is 1. The molecule has 0 fully saturated rings. The van der Waals surface area contributed by atoms with Crippen molar-refractivity contribution in [1.82, 2.24) is 0 Å². The number of nitrogens with two attached hydrogens (primary N) is 2. The van der Waals surface area contributed by atoms with Gasteiger partial charge in [0.2, 0.25) is 0 Å². The van der Waals surface area contributed by atoms with E-state index in [0.717, 1.165) is 6.42 Å². The van der Waals surface area contributed by atoms with Crippen LogP contribution in [0.3, 0.4) is 0 Å². The SMILES string of the molecule is CCCCc1ccc(N)c(N)c1. The summed E-state index contributed by atoms with van der Waals surface area (Å²) in [6.45, 7) is 2.18. The first-order valence-corrected chi connectivity index (χ1v) is 4.38. The topological polar surface area (TPSA) is 52.0 Å². The Bertz CT molecular complexity index is 256. The summed E-state index contributed by atoms with van der Waals surface area (Å²) in [5.74, 6) is 0. The Morgan fingerprint density at radius 1 is 1.17 bits per heavy atom. The summed E-state index contributed by atoms with van der Waals surface area (Å²) in [5.41, 5.74) is 13.9. The summed E-state index contributed by atoms with van der Waals surface area (Å²) in [5, 5.41) is 0. The summed E-state index contributed by atoms with van der Waals surface area (Å²) >= 11 is 0. The summed E-state index contributed by atoms with van der Waals surface area (Å²) in [6.07, 6.45) is 3.52. The van der Waals surface area contributed by atoms with Crippen molar-refractivity contribution in [1.29, 1.82) is 0 Å². The first-order chi connectivity index (χ1) is 5.74. The van der Waals surface area contributed by atoms with E-state index in [2.05, 4.69) is 6.92 Å². The fourth-order valence-electron chi connectivity index (χ4n) is 1.16. The minimum absolute atomic E-state index is 0.676. The Kier molecular flexibility index (Phi) is 2.97. The van der Waals surface area contributed by atoms with Crippen molar-refractivity contribution in [2.24, 2.45) is 0 Å². The Labute approximate surface area is 73.6 Å². The van der Waals surface area contributed by atoms with Gasteiger partial charge < -0.3 is 11.5 Å². The number of rotatable bonds is 3. The number of aryl methyl sites for hydroxylation is 1. The molecule has 1 aromatic rings. The Morgan fingerprint density at radius 2 is 1.92 bits per heavy atom. The Hall–Kier alpha value is -1.18. The number of anilines is 2. The molecule has 2 heteroatoms. The van der Waals surface area contributed by atoms with Gasteiger partial charge in [0, 0.05) is 0 Å². The van der Waals surface area contributed by atoms with Crippen LogP contribution in [0.4, 0.5) is 11.4 Å². The van der Waals surface area contributed by atoms with Gasteiger partial charge in [-0.2, -0.15) is 0 Å². The molecular formula is C10H16N2. The molecule has 4 N–H and O–H groups in total. The largest absolute Gasteiger partial charge is 0.397 e. The van der Waals surface area contributed by atoms with Crippen LogP contribution in [-0.4, -0.2) is 0 Å². The molecule has 2 nitrogen and oxygen atoms in total. The highest BCUT2D eigenvalue weighted by atomic mass is 14.7. The highest BCUT2D eigenvalue weighted by Crippen LogP contribution is 2.17. The molecule has 0 amide bonds. The summed E-state index contributed by atoms with van der Waals surface area (Å²) in [6, 6.07) is 5.88. The van der Waals surface area contributed by atoms with Gasteiger partial charge in [-0.3, -0.25) is 0 Å². The van der Waals surface area contributed by atoms with E-state index in [0.29, 0.717) is 11.4 Å². The summed E-state index contributed by atoms with van der Waals surface area (Å²) < 4.78 is 0. The van der Waals surface area contributed by atoms with Gasteiger partial charge in [0.25, 0.3) is 0 Å². The molecule has 12 heavy (non-hydrogen) atoms. The maximum Gasteiger partial charge on any atom is 0.0550 e. The van der Waals surface area contributed by atoms with E-state index in [1.54, 1.807) is 0 Å². The molecule has 0 spiro atoms. The van der Waals surface area contributed by atoms with Crippen LogP contribution in [0.2, 0.25) is 0 Å². The first-order valence-electron chi connectivity index (χ1n) is 4.38. The molecule has 0 aliphatic carbocycles. The van der Waals surface area contributed by atoms with Crippen LogP contribution in [0.5, 0.6) is 0 Å². The minimum Gasteiger partial charge on any atom is -0.397 e. The van der Waals surface area contributed by atoms with E-state index in [1.807, 2.05) is 18.2 Å². The summed E-state index contributed by atoms with van der Waals surface area (Å²) in [7, 11) is 0. The molecule has 0 saturated carbocycles. The monoisotopic (exact) mass is 164 g/mol. The van der Waals surface area contributed by atoms with Crippen LogP contribution in [0.15, 0.2) is 18.2 Å². The van der Waals surface area contributed by atoms with E-state index in [-0.39, 0.29) is 0 Å². The quantitative estimate of drug-likeness (QED) is 0.673. The van der Waals surface area contributed by atoms with E-state index in [9.17, 15) is 0 Å². The van der Waals surface area contributed by atoms with E-state index < -0.39 is 0 Å². The number of hydrogen-bond acceptors (Lipinski definition) is 2. The molecule has 0 heterocycles. The third kappa shape index (κ3) is 2.16. The van der Waals surface area contributed by atoms with Crippen molar-refractivity contribution >= 4 is 11.4 Å². The lowest BCUT2D eigenvalue weighted by Crippen LogP contribution is -1.95. The average Bonchev–Trinajstić information content (AvgIpc) is 2.07. The van der Waals surface area contributed by atoms with Crippen molar-refractivity contribution < 1.29 is 0 Å². The smallest absolute Gasteiger partial charge is 0.0550 e. The van der Waals surface area contributed by atoms with Crippen LogP contribution in [0.1, 0.15) is 25.3 Å². The molecular weight excluding hydrogens is 148 g/mol. The molecule has 0 radical (unpaired) electrons. The van der Waals surface area contributed by atoms with Crippen molar-refractivity contribution in [2.75, 3.05) is 11.5 Å². The molecule has 1 aromatic carbocycles. The maximum atomic E-state index is 5.67. The standard InChI is InChI=1S/C10H16N2/c1-2-3-4-8-5-6-9(11)10(12)7-8/h5-7H,2-4,11-12H2,1H3. The second-order valence-electron chi connectivity index (χ2n) is 3.07. The van der Waals surface area contributed by atoms with Gasteiger partial charge in [0.15, 0.2) is 0 Å². The Balaban J connectivity index is 2.69. The van der Waals surface area contributed by atoms with Crippen LogP contribution in [-0.2, 0) is 6.42 Å². The van der Waals surface area contributed by atoms with Crippen LogP contribution < -0.4 is 11.5 Å². The van der Waals surface area contributed by atoms with Crippen molar-refractivity contribution in [3.05, 3.63) is 23.8 Å². The third-order valence-electron chi connectivity index (χ3n) is 1.97. The first kappa shape index (κ1) is 8.91. The predicted octanol–water partition coefficient (Wildman–Crippen LogP) is 2.19. The summed E-state index contributed by atoms with van der Waals surface area (Å²) in [4.78, 5) is 0. The molecule has 0 aliphatic rings. The average molecular weight is 164 g/mol. The molecule has 66 valence electrons. The van der Waals surface area contributed by atoms with Gasteiger partial charge in [0.1, 0.15) is 0 Å². The van der Waals surface area contributed by atoms with E-state index >= 15 is 0 Å². The van der Waals surface area contributed by atoms with Gasteiger partial charge in [-0.1, -0.05) is 19.4 Å². The second kappa shape index (κ2) is 4.00. The van der Waals surface area contributed by atoms with Crippen molar-refractivity contribution in [3.63, 3.8) is 0 Å². The third-order valence-corrected chi connectivity index (χ3v) is 1.97. The predicted molar refractivity (Wildman–Crippen MR) is 53.9 cm³/mol.